The third-order valence-corrected chi connectivity index (χ3v) is 4.85. The monoisotopic (exact) mass is 313 g/mol. The van der Waals surface area contributed by atoms with E-state index in [4.69, 9.17) is 4.74 Å². The van der Waals surface area contributed by atoms with Crippen molar-refractivity contribution in [1.29, 1.82) is 0 Å². The molecule has 1 saturated heterocycles. The molecule has 0 aliphatic carbocycles. The van der Waals surface area contributed by atoms with Crippen LogP contribution in [0.4, 0.5) is 0 Å². The molecule has 1 N–H and O–H groups in total. The summed E-state index contributed by atoms with van der Waals surface area (Å²) in [6.07, 6.45) is 0. The summed E-state index contributed by atoms with van der Waals surface area (Å²) >= 11 is 0. The van der Waals surface area contributed by atoms with Gasteiger partial charge in [0.05, 0.1) is 13.2 Å². The molecule has 1 aromatic heterocycles. The molecule has 2 heterocycles. The maximum atomic E-state index is 13.0. The summed E-state index contributed by atoms with van der Waals surface area (Å²) in [7, 11) is 0. The van der Waals surface area contributed by atoms with Gasteiger partial charge in [-0.2, -0.15) is 0 Å². The van der Waals surface area contributed by atoms with Gasteiger partial charge in [-0.1, -0.05) is 18.2 Å². The predicted molar refractivity (Wildman–Crippen MR) is 90.6 cm³/mol. The first-order chi connectivity index (χ1) is 11.1. The average Bonchev–Trinajstić information content (AvgIpc) is 2.89. The summed E-state index contributed by atoms with van der Waals surface area (Å²) in [5, 5.41) is 0. The van der Waals surface area contributed by atoms with Gasteiger partial charge >= 0.3 is 0 Å². The maximum absolute atomic E-state index is 13.0. The topological polar surface area (TPSA) is 35.7 Å². The van der Waals surface area contributed by atoms with Crippen LogP contribution < -0.4 is 4.90 Å². The molecule has 0 saturated carbocycles. The van der Waals surface area contributed by atoms with Crippen LogP contribution in [-0.4, -0.2) is 42.7 Å². The molecule has 0 spiro atoms. The first-order valence-electron chi connectivity index (χ1n) is 8.30. The van der Waals surface area contributed by atoms with Crippen LogP contribution in [0.25, 0.3) is 5.69 Å². The number of ether oxygens (including phenoxy) is 1. The van der Waals surface area contributed by atoms with Gasteiger partial charge in [0, 0.05) is 22.6 Å². The summed E-state index contributed by atoms with van der Waals surface area (Å²) < 4.78 is 7.57. The van der Waals surface area contributed by atoms with Crippen molar-refractivity contribution in [2.24, 2.45) is 0 Å². The van der Waals surface area contributed by atoms with E-state index in [-0.39, 0.29) is 11.8 Å². The molecule has 0 bridgehead atoms. The molecule has 4 heteroatoms. The molecule has 1 aromatic carbocycles. The Morgan fingerprint density at radius 1 is 1.17 bits per heavy atom. The molecule has 3 rings (SSSR count). The van der Waals surface area contributed by atoms with Crippen LogP contribution in [0.1, 0.15) is 28.7 Å². The van der Waals surface area contributed by atoms with E-state index >= 15 is 0 Å². The average molecular weight is 313 g/mol. The number of rotatable bonds is 4. The van der Waals surface area contributed by atoms with Crippen molar-refractivity contribution in [3.8, 4) is 5.69 Å². The van der Waals surface area contributed by atoms with Gasteiger partial charge in [0.25, 0.3) is 0 Å². The van der Waals surface area contributed by atoms with Crippen molar-refractivity contribution in [3.05, 3.63) is 53.3 Å². The number of morpholine rings is 1. The van der Waals surface area contributed by atoms with Crippen LogP contribution in [0.3, 0.4) is 0 Å². The Morgan fingerprint density at radius 3 is 2.48 bits per heavy atom. The van der Waals surface area contributed by atoms with Crippen molar-refractivity contribution >= 4 is 5.78 Å². The molecule has 1 aliphatic heterocycles. The fourth-order valence-corrected chi connectivity index (χ4v) is 3.47. The minimum Gasteiger partial charge on any atom is -0.370 e. The number of benzene rings is 1. The van der Waals surface area contributed by atoms with Gasteiger partial charge in [0.1, 0.15) is 19.1 Å². The number of hydrogen-bond acceptors (Lipinski definition) is 2. The highest BCUT2D eigenvalue weighted by atomic mass is 16.5. The first kappa shape index (κ1) is 16.0. The highest BCUT2D eigenvalue weighted by molar-refractivity contribution is 6.00. The van der Waals surface area contributed by atoms with Gasteiger partial charge in [0.2, 0.25) is 5.78 Å². The zero-order chi connectivity index (χ0) is 16.4. The SMILES string of the molecule is Cc1cc(C(=O)[C@H](C)[NH+]2CCOCC2)c(C)n1-c1ccccc1. The van der Waals surface area contributed by atoms with Crippen LogP contribution in [-0.2, 0) is 4.74 Å². The van der Waals surface area contributed by atoms with Gasteiger partial charge < -0.3 is 14.2 Å². The Hall–Kier alpha value is -1.91. The third-order valence-electron chi connectivity index (χ3n) is 4.85. The molecule has 0 unspecified atom stereocenters. The number of carbonyl (C=O) groups excluding carboxylic acids is 1. The molecule has 1 atom stereocenters. The van der Waals surface area contributed by atoms with Crippen LogP contribution >= 0.6 is 0 Å². The summed E-state index contributed by atoms with van der Waals surface area (Å²) in [6, 6.07) is 12.2. The van der Waals surface area contributed by atoms with E-state index in [2.05, 4.69) is 23.6 Å². The van der Waals surface area contributed by atoms with Crippen LogP contribution in [0, 0.1) is 13.8 Å². The molecule has 2 aromatic rings. The van der Waals surface area contributed by atoms with Gasteiger partial charge in [-0.05, 0) is 39.0 Å². The fourth-order valence-electron chi connectivity index (χ4n) is 3.47. The minimum atomic E-state index is -0.0244. The van der Waals surface area contributed by atoms with Crippen molar-refractivity contribution in [3.63, 3.8) is 0 Å². The highest BCUT2D eigenvalue weighted by Gasteiger charge is 2.30. The van der Waals surface area contributed by atoms with Crippen LogP contribution in [0.2, 0.25) is 0 Å². The highest BCUT2D eigenvalue weighted by Crippen LogP contribution is 2.21. The summed E-state index contributed by atoms with van der Waals surface area (Å²) in [4.78, 5) is 14.3. The second kappa shape index (κ2) is 6.69. The van der Waals surface area contributed by atoms with E-state index in [1.54, 1.807) is 0 Å². The van der Waals surface area contributed by atoms with Crippen molar-refractivity contribution in [2.45, 2.75) is 26.8 Å². The quantitative estimate of drug-likeness (QED) is 0.870. The van der Waals surface area contributed by atoms with E-state index in [1.165, 1.54) is 4.90 Å². The maximum Gasteiger partial charge on any atom is 0.221 e. The van der Waals surface area contributed by atoms with Gasteiger partial charge in [-0.15, -0.1) is 0 Å². The molecule has 0 radical (unpaired) electrons. The van der Waals surface area contributed by atoms with Crippen molar-refractivity contribution in [1.82, 2.24) is 4.57 Å². The minimum absolute atomic E-state index is 0.0244. The first-order valence-corrected chi connectivity index (χ1v) is 8.30. The Balaban J connectivity index is 1.90. The number of quaternary nitrogens is 1. The van der Waals surface area contributed by atoms with E-state index < -0.39 is 0 Å². The zero-order valence-electron chi connectivity index (χ0n) is 14.1. The molecular formula is C19H25N2O2+. The molecule has 23 heavy (non-hydrogen) atoms. The second-order valence-corrected chi connectivity index (χ2v) is 6.31. The standard InChI is InChI=1S/C19H24N2O2/c1-14-13-18(15(2)21(14)17-7-5-4-6-8-17)19(22)16(3)20-9-11-23-12-10-20/h4-8,13,16H,9-12H2,1-3H3/p+1/t16-/m0/s1. The number of aryl methyl sites for hydroxylation is 1. The van der Waals surface area contributed by atoms with Gasteiger partial charge in [0.15, 0.2) is 0 Å². The van der Waals surface area contributed by atoms with Crippen molar-refractivity contribution < 1.29 is 14.4 Å². The number of nitrogens with one attached hydrogen (secondary N) is 1. The van der Waals surface area contributed by atoms with Crippen LogP contribution in [0.15, 0.2) is 36.4 Å². The molecular weight excluding hydrogens is 288 g/mol. The van der Waals surface area contributed by atoms with E-state index in [1.807, 2.05) is 38.1 Å². The molecule has 4 nitrogen and oxygen atoms in total. The smallest absolute Gasteiger partial charge is 0.221 e. The Labute approximate surface area is 137 Å². The van der Waals surface area contributed by atoms with Crippen molar-refractivity contribution in [2.75, 3.05) is 26.3 Å². The summed E-state index contributed by atoms with van der Waals surface area (Å²) in [5.41, 5.74) is 4.07. The Morgan fingerprint density at radius 2 is 1.83 bits per heavy atom. The summed E-state index contributed by atoms with van der Waals surface area (Å²) in [6.45, 7) is 9.44. The Bertz CT molecular complexity index is 685. The summed E-state index contributed by atoms with van der Waals surface area (Å²) in [5.74, 6) is 0.234. The van der Waals surface area contributed by atoms with Gasteiger partial charge in [-0.25, -0.2) is 0 Å². The third kappa shape index (κ3) is 3.09. The number of ketones is 1. The largest absolute Gasteiger partial charge is 0.370 e. The molecule has 1 fully saturated rings. The lowest BCUT2D eigenvalue weighted by atomic mass is 10.0. The number of Topliss-reactive ketones (excluding diaryl/α,β-unsaturated/α-hetero) is 1. The number of hydrogen-bond donors (Lipinski definition) is 1. The van der Waals surface area contributed by atoms with E-state index in [0.29, 0.717) is 0 Å². The van der Waals surface area contributed by atoms with E-state index in [9.17, 15) is 4.79 Å². The number of nitrogens with zero attached hydrogens (tertiary/aromatic N) is 1. The van der Waals surface area contributed by atoms with Gasteiger partial charge in [-0.3, -0.25) is 4.79 Å². The fraction of sp³-hybridized carbons (Fsp3) is 0.421. The lowest BCUT2D eigenvalue weighted by molar-refractivity contribution is -0.921. The normalized spacial score (nSPS) is 17.2. The zero-order valence-corrected chi connectivity index (χ0v) is 14.1. The molecule has 0 amide bonds. The molecule has 122 valence electrons. The van der Waals surface area contributed by atoms with Crippen LogP contribution in [0.5, 0.6) is 0 Å². The lowest BCUT2D eigenvalue weighted by Crippen LogP contribution is -3.18. The number of carbonyl (C=O) groups is 1. The number of para-hydroxylation sites is 1. The number of aromatic nitrogens is 1. The Kier molecular flexibility index (Phi) is 4.64. The predicted octanol–water partition coefficient (Wildman–Crippen LogP) is 1.58. The van der Waals surface area contributed by atoms with E-state index in [0.717, 1.165) is 48.9 Å². The molecule has 1 aliphatic rings. The second-order valence-electron chi connectivity index (χ2n) is 6.31. The lowest BCUT2D eigenvalue weighted by Gasteiger charge is -2.28.